The van der Waals surface area contributed by atoms with Crippen molar-refractivity contribution in [1.29, 1.82) is 5.26 Å². The topological polar surface area (TPSA) is 98.9 Å². The number of hydrogen-bond donors (Lipinski definition) is 2. The van der Waals surface area contributed by atoms with Crippen molar-refractivity contribution in [3.05, 3.63) is 32.6 Å². The van der Waals surface area contributed by atoms with E-state index in [1.807, 2.05) is 0 Å². The zero-order chi connectivity index (χ0) is 12.4. The lowest BCUT2D eigenvalue weighted by Gasteiger charge is -2.28. The number of aromatic amines is 1. The largest absolute Gasteiger partial charge is 0.391 e. The predicted molar refractivity (Wildman–Crippen MR) is 59.5 cm³/mol. The monoisotopic (exact) mass is 235 g/mol. The summed E-state index contributed by atoms with van der Waals surface area (Å²) in [4.78, 5) is 25.0. The van der Waals surface area contributed by atoms with Gasteiger partial charge in [-0.05, 0) is 12.8 Å². The summed E-state index contributed by atoms with van der Waals surface area (Å²) in [5, 5.41) is 18.6. The number of rotatable bonds is 1. The number of nitrogens with zero attached hydrogens (tertiary/aromatic N) is 2. The Kier molecular flexibility index (Phi) is 3.11. The van der Waals surface area contributed by atoms with Crippen molar-refractivity contribution >= 4 is 0 Å². The van der Waals surface area contributed by atoms with Crippen LogP contribution in [0.2, 0.25) is 0 Å². The summed E-state index contributed by atoms with van der Waals surface area (Å²) in [6.07, 6.45) is 3.81. The van der Waals surface area contributed by atoms with Crippen LogP contribution in [0.1, 0.15) is 37.3 Å². The van der Waals surface area contributed by atoms with Gasteiger partial charge in [-0.3, -0.25) is 14.3 Å². The minimum Gasteiger partial charge on any atom is -0.391 e. The summed E-state index contributed by atoms with van der Waals surface area (Å²) >= 11 is 0. The van der Waals surface area contributed by atoms with Crippen molar-refractivity contribution in [2.45, 2.75) is 37.8 Å². The first-order chi connectivity index (χ1) is 8.13. The zero-order valence-electron chi connectivity index (χ0n) is 9.22. The molecule has 0 saturated heterocycles. The second-order valence-electron chi connectivity index (χ2n) is 4.24. The Morgan fingerprint density at radius 2 is 2.12 bits per heavy atom. The van der Waals surface area contributed by atoms with E-state index in [0.29, 0.717) is 12.8 Å². The van der Waals surface area contributed by atoms with Crippen molar-refractivity contribution < 1.29 is 5.11 Å². The summed E-state index contributed by atoms with van der Waals surface area (Å²) in [6, 6.07) is 1.38. The van der Waals surface area contributed by atoms with Gasteiger partial charge in [0.15, 0.2) is 0 Å². The fraction of sp³-hybridized carbons (Fsp3) is 0.545. The van der Waals surface area contributed by atoms with Gasteiger partial charge in [0, 0.05) is 6.20 Å². The van der Waals surface area contributed by atoms with Crippen LogP contribution in [-0.4, -0.2) is 20.8 Å². The molecule has 2 N–H and O–H groups in total. The smallest absolute Gasteiger partial charge is 0.328 e. The molecule has 1 fully saturated rings. The molecule has 1 aromatic heterocycles. The lowest BCUT2D eigenvalue weighted by atomic mass is 9.92. The Bertz CT molecular complexity index is 567. The van der Waals surface area contributed by atoms with E-state index >= 15 is 0 Å². The predicted octanol–water partition coefficient (Wildman–Crippen LogP) is -0.116. The van der Waals surface area contributed by atoms with Gasteiger partial charge in [0.1, 0.15) is 11.6 Å². The maximum absolute atomic E-state index is 11.6. The highest BCUT2D eigenvalue weighted by Crippen LogP contribution is 2.27. The van der Waals surface area contributed by atoms with E-state index in [4.69, 9.17) is 5.26 Å². The Hall–Kier alpha value is -1.87. The molecule has 2 atom stereocenters. The molecule has 6 nitrogen and oxygen atoms in total. The maximum Gasteiger partial charge on any atom is 0.328 e. The molecule has 1 heterocycles. The minimum atomic E-state index is -0.681. The molecule has 0 bridgehead atoms. The molecule has 0 spiro atoms. The van der Waals surface area contributed by atoms with Gasteiger partial charge in [-0.25, -0.2) is 4.79 Å². The lowest BCUT2D eigenvalue weighted by molar-refractivity contribution is 0.0729. The molecule has 17 heavy (non-hydrogen) atoms. The Morgan fingerprint density at radius 1 is 1.41 bits per heavy atom. The van der Waals surface area contributed by atoms with Crippen molar-refractivity contribution in [3.8, 4) is 6.07 Å². The highest BCUT2D eigenvalue weighted by molar-refractivity contribution is 5.22. The van der Waals surface area contributed by atoms with Crippen LogP contribution < -0.4 is 11.2 Å². The Labute approximate surface area is 97.1 Å². The minimum absolute atomic E-state index is 0.109. The highest BCUT2D eigenvalue weighted by Gasteiger charge is 2.25. The first kappa shape index (κ1) is 11.6. The van der Waals surface area contributed by atoms with Crippen LogP contribution in [0.5, 0.6) is 0 Å². The normalized spacial score (nSPS) is 24.2. The zero-order valence-corrected chi connectivity index (χ0v) is 9.22. The van der Waals surface area contributed by atoms with Gasteiger partial charge in [0.25, 0.3) is 5.56 Å². The van der Waals surface area contributed by atoms with Crippen molar-refractivity contribution in [2.75, 3.05) is 0 Å². The number of H-pyrrole nitrogens is 1. The van der Waals surface area contributed by atoms with E-state index in [1.165, 1.54) is 10.8 Å². The van der Waals surface area contributed by atoms with Crippen LogP contribution in [0.15, 0.2) is 15.8 Å². The molecular formula is C11H13N3O3. The number of hydrogen-bond acceptors (Lipinski definition) is 4. The number of nitrogens with one attached hydrogen (secondary N) is 1. The van der Waals surface area contributed by atoms with Gasteiger partial charge in [-0.1, -0.05) is 12.8 Å². The van der Waals surface area contributed by atoms with Crippen LogP contribution in [0.4, 0.5) is 0 Å². The van der Waals surface area contributed by atoms with Gasteiger partial charge in [-0.2, -0.15) is 5.26 Å². The molecule has 2 rings (SSSR count). The summed E-state index contributed by atoms with van der Waals surface area (Å²) in [6.45, 7) is 0. The molecule has 1 aromatic rings. The summed E-state index contributed by atoms with van der Waals surface area (Å²) < 4.78 is 1.27. The third-order valence-electron chi connectivity index (χ3n) is 3.14. The molecule has 6 heteroatoms. The summed E-state index contributed by atoms with van der Waals surface area (Å²) in [5.74, 6) is 0. The van der Waals surface area contributed by atoms with E-state index in [0.717, 1.165) is 12.8 Å². The first-order valence-electron chi connectivity index (χ1n) is 5.57. The SMILES string of the molecule is N#Cc1cn(C2CCCCC2O)c(=O)[nH]c1=O. The van der Waals surface area contributed by atoms with Gasteiger partial charge < -0.3 is 5.11 Å². The lowest BCUT2D eigenvalue weighted by Crippen LogP contribution is -2.38. The third kappa shape index (κ3) is 2.15. The quantitative estimate of drug-likeness (QED) is 0.709. The molecular weight excluding hydrogens is 222 g/mol. The van der Waals surface area contributed by atoms with Crippen LogP contribution in [0.3, 0.4) is 0 Å². The van der Waals surface area contributed by atoms with E-state index in [1.54, 1.807) is 6.07 Å². The average molecular weight is 235 g/mol. The van der Waals surface area contributed by atoms with Crippen molar-refractivity contribution in [3.63, 3.8) is 0 Å². The van der Waals surface area contributed by atoms with E-state index < -0.39 is 17.4 Å². The van der Waals surface area contributed by atoms with Gasteiger partial charge in [0.05, 0.1) is 12.1 Å². The second-order valence-corrected chi connectivity index (χ2v) is 4.24. The van der Waals surface area contributed by atoms with E-state index in [2.05, 4.69) is 4.98 Å². The Morgan fingerprint density at radius 3 is 2.76 bits per heavy atom. The van der Waals surface area contributed by atoms with Gasteiger partial charge in [-0.15, -0.1) is 0 Å². The van der Waals surface area contributed by atoms with Crippen molar-refractivity contribution in [2.24, 2.45) is 0 Å². The molecule has 1 aliphatic rings. The number of nitriles is 1. The van der Waals surface area contributed by atoms with Crippen LogP contribution in [0.25, 0.3) is 0 Å². The van der Waals surface area contributed by atoms with Gasteiger partial charge >= 0.3 is 5.69 Å². The molecule has 1 saturated carbocycles. The maximum atomic E-state index is 11.6. The first-order valence-corrected chi connectivity index (χ1v) is 5.57. The molecule has 0 amide bonds. The summed E-state index contributed by atoms with van der Waals surface area (Å²) in [7, 11) is 0. The molecule has 0 aromatic carbocycles. The van der Waals surface area contributed by atoms with Crippen molar-refractivity contribution in [1.82, 2.24) is 9.55 Å². The number of aliphatic hydroxyl groups excluding tert-OH is 1. The van der Waals surface area contributed by atoms with Crippen LogP contribution in [-0.2, 0) is 0 Å². The standard InChI is InChI=1S/C11H13N3O3/c12-5-7-6-14(11(17)13-10(7)16)8-3-1-2-4-9(8)15/h6,8-9,15H,1-4H2,(H,13,16,17). The van der Waals surface area contributed by atoms with E-state index in [9.17, 15) is 14.7 Å². The molecule has 0 aliphatic heterocycles. The number of aromatic nitrogens is 2. The molecule has 1 aliphatic carbocycles. The Balaban J connectivity index is 2.48. The highest BCUT2D eigenvalue weighted by atomic mass is 16.3. The third-order valence-corrected chi connectivity index (χ3v) is 3.14. The fourth-order valence-electron chi connectivity index (χ4n) is 2.23. The number of aliphatic hydroxyl groups is 1. The molecule has 90 valence electrons. The van der Waals surface area contributed by atoms with Gasteiger partial charge in [0.2, 0.25) is 0 Å². The van der Waals surface area contributed by atoms with Crippen LogP contribution >= 0.6 is 0 Å². The van der Waals surface area contributed by atoms with Crippen LogP contribution in [0, 0.1) is 11.3 Å². The molecule has 2 unspecified atom stereocenters. The fourth-order valence-corrected chi connectivity index (χ4v) is 2.23. The molecule has 0 radical (unpaired) electrons. The average Bonchev–Trinajstić information content (AvgIpc) is 2.31. The summed E-state index contributed by atoms with van der Waals surface area (Å²) in [5.41, 5.74) is -1.36. The van der Waals surface area contributed by atoms with E-state index in [-0.39, 0.29) is 11.6 Å². The second kappa shape index (κ2) is 4.55.